The van der Waals surface area contributed by atoms with Crippen molar-refractivity contribution in [1.29, 1.82) is 0 Å². The van der Waals surface area contributed by atoms with Gasteiger partial charge in [0.1, 0.15) is 11.5 Å². The predicted octanol–water partition coefficient (Wildman–Crippen LogP) is 5.49. The normalized spacial score (nSPS) is 13.9. The van der Waals surface area contributed by atoms with E-state index < -0.39 is 17.6 Å². The smallest absolute Gasteiger partial charge is 0.282 e. The van der Waals surface area contributed by atoms with Crippen LogP contribution in [-0.2, 0) is 9.59 Å². The number of para-hydroxylation sites is 1. The van der Waals surface area contributed by atoms with Gasteiger partial charge in [-0.3, -0.25) is 9.59 Å². The molecule has 0 saturated heterocycles. The van der Waals surface area contributed by atoms with Gasteiger partial charge in [0.2, 0.25) is 0 Å². The van der Waals surface area contributed by atoms with Gasteiger partial charge < -0.3 is 5.32 Å². The molecule has 1 heterocycles. The van der Waals surface area contributed by atoms with E-state index in [2.05, 4.69) is 5.32 Å². The molecule has 1 aliphatic heterocycles. The van der Waals surface area contributed by atoms with Crippen LogP contribution in [0.2, 0.25) is 5.02 Å². The van der Waals surface area contributed by atoms with Crippen molar-refractivity contribution in [2.75, 3.05) is 10.2 Å². The fourth-order valence-electron chi connectivity index (χ4n) is 3.52. The molecule has 0 saturated carbocycles. The van der Waals surface area contributed by atoms with Crippen LogP contribution >= 0.6 is 11.6 Å². The lowest BCUT2D eigenvalue weighted by molar-refractivity contribution is -0.120. The maximum atomic E-state index is 13.4. The van der Waals surface area contributed by atoms with Crippen LogP contribution in [0.25, 0.3) is 5.57 Å². The molecule has 30 heavy (non-hydrogen) atoms. The topological polar surface area (TPSA) is 49.4 Å². The van der Waals surface area contributed by atoms with E-state index >= 15 is 0 Å². The highest BCUT2D eigenvalue weighted by atomic mass is 35.5. The molecule has 1 aliphatic rings. The molecule has 0 bridgehead atoms. The Labute approximate surface area is 178 Å². The molecular formula is C24H18ClFN2O2. The minimum Gasteiger partial charge on any atom is -0.350 e. The molecule has 0 spiro atoms. The van der Waals surface area contributed by atoms with Crippen LogP contribution in [0.1, 0.15) is 16.7 Å². The zero-order valence-corrected chi connectivity index (χ0v) is 17.1. The Morgan fingerprint density at radius 3 is 2.27 bits per heavy atom. The number of rotatable bonds is 4. The number of carbonyl (C=O) groups is 2. The number of hydrogen-bond acceptors (Lipinski definition) is 3. The van der Waals surface area contributed by atoms with Crippen molar-refractivity contribution in [2.45, 2.75) is 13.8 Å². The zero-order chi connectivity index (χ0) is 21.4. The van der Waals surface area contributed by atoms with Crippen molar-refractivity contribution < 1.29 is 14.0 Å². The van der Waals surface area contributed by atoms with Crippen LogP contribution < -0.4 is 10.2 Å². The van der Waals surface area contributed by atoms with Crippen molar-refractivity contribution in [1.82, 2.24) is 0 Å². The minimum atomic E-state index is -0.521. The van der Waals surface area contributed by atoms with Crippen LogP contribution in [0.4, 0.5) is 15.8 Å². The third kappa shape index (κ3) is 3.48. The first kappa shape index (κ1) is 19.9. The Morgan fingerprint density at radius 1 is 0.900 bits per heavy atom. The number of imide groups is 1. The van der Waals surface area contributed by atoms with E-state index in [1.165, 1.54) is 24.3 Å². The first-order chi connectivity index (χ1) is 14.4. The highest BCUT2D eigenvalue weighted by Gasteiger charge is 2.41. The van der Waals surface area contributed by atoms with Gasteiger partial charge in [-0.05, 0) is 61.4 Å². The molecule has 4 rings (SSSR count). The Bertz CT molecular complexity index is 1200. The Kier molecular flexibility index (Phi) is 5.14. The number of amides is 2. The van der Waals surface area contributed by atoms with Gasteiger partial charge in [0.15, 0.2) is 0 Å². The minimum absolute atomic E-state index is 0.124. The van der Waals surface area contributed by atoms with Gasteiger partial charge in [-0.25, -0.2) is 9.29 Å². The number of anilines is 2. The van der Waals surface area contributed by atoms with Gasteiger partial charge >= 0.3 is 0 Å². The summed E-state index contributed by atoms with van der Waals surface area (Å²) in [6.07, 6.45) is 0. The van der Waals surface area contributed by atoms with E-state index in [1.54, 1.807) is 24.3 Å². The van der Waals surface area contributed by atoms with Crippen LogP contribution in [0, 0.1) is 19.7 Å². The molecule has 2 amide bonds. The monoisotopic (exact) mass is 420 g/mol. The second kappa shape index (κ2) is 7.76. The number of aryl methyl sites for hydroxylation is 2. The summed E-state index contributed by atoms with van der Waals surface area (Å²) < 4.78 is 13.3. The Morgan fingerprint density at radius 2 is 1.60 bits per heavy atom. The van der Waals surface area contributed by atoms with Crippen molar-refractivity contribution >= 4 is 40.4 Å². The molecule has 1 N–H and O–H groups in total. The lowest BCUT2D eigenvalue weighted by Gasteiger charge is -2.17. The molecule has 0 atom stereocenters. The number of carbonyl (C=O) groups excluding carboxylic acids is 2. The maximum Gasteiger partial charge on any atom is 0.282 e. The van der Waals surface area contributed by atoms with E-state index in [9.17, 15) is 14.0 Å². The largest absolute Gasteiger partial charge is 0.350 e. The summed E-state index contributed by atoms with van der Waals surface area (Å²) in [5, 5.41) is 3.31. The zero-order valence-electron chi connectivity index (χ0n) is 16.4. The molecule has 0 aliphatic carbocycles. The summed E-state index contributed by atoms with van der Waals surface area (Å²) in [4.78, 5) is 27.9. The van der Waals surface area contributed by atoms with Gasteiger partial charge in [-0.15, -0.1) is 0 Å². The third-order valence-corrected chi connectivity index (χ3v) is 5.26. The average Bonchev–Trinajstić information content (AvgIpc) is 2.94. The number of hydrogen-bond donors (Lipinski definition) is 1. The van der Waals surface area contributed by atoms with Gasteiger partial charge in [0, 0.05) is 5.69 Å². The molecule has 3 aromatic rings. The second-order valence-corrected chi connectivity index (χ2v) is 7.50. The number of benzene rings is 3. The second-order valence-electron chi connectivity index (χ2n) is 7.10. The Balaban J connectivity index is 1.87. The van der Waals surface area contributed by atoms with Crippen molar-refractivity contribution in [2.24, 2.45) is 0 Å². The summed E-state index contributed by atoms with van der Waals surface area (Å²) in [7, 11) is 0. The summed E-state index contributed by atoms with van der Waals surface area (Å²) >= 11 is 6.28. The standard InChI is InChI=1S/C24H18ClFN2O2/c1-14-7-12-18(15(2)13-14)21-22(27-17-10-8-16(26)9-11-17)24(30)28(23(21)29)20-6-4-3-5-19(20)25/h3-13,27H,1-2H3. The molecule has 4 nitrogen and oxygen atoms in total. The van der Waals surface area contributed by atoms with Crippen LogP contribution in [0.5, 0.6) is 0 Å². The molecule has 0 aromatic heterocycles. The van der Waals surface area contributed by atoms with Gasteiger partial charge in [0.25, 0.3) is 11.8 Å². The van der Waals surface area contributed by atoms with Crippen LogP contribution in [0.15, 0.2) is 72.4 Å². The van der Waals surface area contributed by atoms with Gasteiger partial charge in [-0.1, -0.05) is 47.5 Å². The van der Waals surface area contributed by atoms with E-state index in [0.717, 1.165) is 16.0 Å². The molecule has 0 unspecified atom stereocenters. The summed E-state index contributed by atoms with van der Waals surface area (Å²) in [6, 6.07) is 18.0. The van der Waals surface area contributed by atoms with Crippen molar-refractivity contribution in [3.05, 3.63) is 100.0 Å². The molecule has 3 aromatic carbocycles. The lowest BCUT2D eigenvalue weighted by Crippen LogP contribution is -2.32. The fourth-order valence-corrected chi connectivity index (χ4v) is 3.74. The highest BCUT2D eigenvalue weighted by molar-refractivity contribution is 6.48. The molecule has 0 radical (unpaired) electrons. The van der Waals surface area contributed by atoms with E-state index in [0.29, 0.717) is 22.0 Å². The molecular weight excluding hydrogens is 403 g/mol. The van der Waals surface area contributed by atoms with E-state index in [-0.39, 0.29) is 11.3 Å². The van der Waals surface area contributed by atoms with E-state index in [4.69, 9.17) is 11.6 Å². The quantitative estimate of drug-likeness (QED) is 0.567. The number of nitrogens with one attached hydrogen (secondary N) is 1. The van der Waals surface area contributed by atoms with Crippen molar-refractivity contribution in [3.63, 3.8) is 0 Å². The average molecular weight is 421 g/mol. The van der Waals surface area contributed by atoms with Crippen LogP contribution in [-0.4, -0.2) is 11.8 Å². The number of halogens is 2. The van der Waals surface area contributed by atoms with Crippen molar-refractivity contribution in [3.8, 4) is 0 Å². The van der Waals surface area contributed by atoms with Gasteiger partial charge in [-0.2, -0.15) is 0 Å². The lowest BCUT2D eigenvalue weighted by atomic mass is 9.97. The summed E-state index contributed by atoms with van der Waals surface area (Å²) in [6.45, 7) is 3.85. The molecule has 0 fully saturated rings. The first-order valence-corrected chi connectivity index (χ1v) is 9.72. The molecule has 6 heteroatoms. The first-order valence-electron chi connectivity index (χ1n) is 9.34. The highest BCUT2D eigenvalue weighted by Crippen LogP contribution is 2.37. The SMILES string of the molecule is Cc1ccc(C2=C(Nc3ccc(F)cc3)C(=O)N(c3ccccc3Cl)C2=O)c(C)c1. The summed E-state index contributed by atoms with van der Waals surface area (Å²) in [5.74, 6) is -1.38. The predicted molar refractivity (Wildman–Crippen MR) is 117 cm³/mol. The fraction of sp³-hybridized carbons (Fsp3) is 0.0833. The number of nitrogens with zero attached hydrogens (tertiary/aromatic N) is 1. The van der Waals surface area contributed by atoms with Gasteiger partial charge in [0.05, 0.1) is 16.3 Å². The van der Waals surface area contributed by atoms with E-state index in [1.807, 2.05) is 32.0 Å². The maximum absolute atomic E-state index is 13.4. The van der Waals surface area contributed by atoms with Crippen LogP contribution in [0.3, 0.4) is 0 Å². The Hall–Kier alpha value is -3.44. The third-order valence-electron chi connectivity index (χ3n) is 4.94. The molecule has 150 valence electrons. The summed E-state index contributed by atoms with van der Waals surface area (Å²) in [5.41, 5.74) is 3.75.